The predicted molar refractivity (Wildman–Crippen MR) is 33.4 cm³/mol. The molecule has 0 radical (unpaired) electrons. The van der Waals surface area contributed by atoms with E-state index in [0.717, 1.165) is 12.8 Å². The van der Waals surface area contributed by atoms with E-state index in [1.54, 1.807) is 0 Å². The molecule has 0 bridgehead atoms. The zero-order valence-corrected chi connectivity index (χ0v) is 4.84. The highest BCUT2D eigenvalue weighted by Gasteiger charge is 2.06. The Morgan fingerprint density at radius 2 is 2.62 bits per heavy atom. The Hall–Kier alpha value is -0.720. The van der Waals surface area contributed by atoms with E-state index in [9.17, 15) is 0 Å². The maximum absolute atomic E-state index is 5.08. The van der Waals surface area contributed by atoms with Crippen molar-refractivity contribution in [3.8, 4) is 0 Å². The van der Waals surface area contributed by atoms with Crippen LogP contribution in [0, 0.1) is 0 Å². The van der Waals surface area contributed by atoms with Crippen LogP contribution >= 0.6 is 0 Å². The summed E-state index contributed by atoms with van der Waals surface area (Å²) in [6.45, 7) is 3.47. The van der Waals surface area contributed by atoms with Gasteiger partial charge in [-0.3, -0.25) is 0 Å². The quantitative estimate of drug-likeness (QED) is 0.389. The lowest BCUT2D eigenvalue weighted by molar-refractivity contribution is 0.187. The van der Waals surface area contributed by atoms with Gasteiger partial charge in [0, 0.05) is 0 Å². The van der Waals surface area contributed by atoms with Gasteiger partial charge in [-0.2, -0.15) is 0 Å². The molecular formula is C7H10O. The minimum Gasteiger partial charge on any atom is -0.495 e. The predicted octanol–water partition coefficient (Wildman–Crippen LogP) is 1.87. The topological polar surface area (TPSA) is 9.23 Å². The number of allylic oxidation sites excluding steroid dienone is 1. The Labute approximate surface area is 49.7 Å². The molecule has 0 saturated heterocycles. The summed E-state index contributed by atoms with van der Waals surface area (Å²) in [6, 6.07) is 0. The molecule has 1 nitrogen and oxygen atoms in total. The maximum atomic E-state index is 5.08. The molecule has 0 heterocycles. The van der Waals surface area contributed by atoms with Crippen LogP contribution in [0.4, 0.5) is 0 Å². The highest BCUT2D eigenvalue weighted by molar-refractivity contribution is 4.97. The van der Waals surface area contributed by atoms with Crippen molar-refractivity contribution < 1.29 is 4.74 Å². The van der Waals surface area contributed by atoms with Crippen LogP contribution in [0.1, 0.15) is 12.8 Å². The van der Waals surface area contributed by atoms with Gasteiger partial charge in [0.25, 0.3) is 0 Å². The smallest absolute Gasteiger partial charge is 0.116 e. The summed E-state index contributed by atoms with van der Waals surface area (Å²) in [7, 11) is 0. The van der Waals surface area contributed by atoms with Gasteiger partial charge in [-0.05, 0) is 18.9 Å². The van der Waals surface area contributed by atoms with Crippen molar-refractivity contribution in [1.29, 1.82) is 0 Å². The van der Waals surface area contributed by atoms with E-state index < -0.39 is 0 Å². The molecule has 0 N–H and O–H groups in total. The first-order valence-electron chi connectivity index (χ1n) is 2.86. The van der Waals surface area contributed by atoms with Crippen molar-refractivity contribution in [2.75, 3.05) is 0 Å². The first kappa shape index (κ1) is 5.42. The van der Waals surface area contributed by atoms with Gasteiger partial charge < -0.3 is 4.74 Å². The molecule has 1 atom stereocenters. The molecule has 0 aromatic rings. The second-order valence-electron chi connectivity index (χ2n) is 1.85. The highest BCUT2D eigenvalue weighted by atomic mass is 16.5. The Balaban J connectivity index is 2.25. The average molecular weight is 110 g/mol. The molecule has 44 valence electrons. The number of ether oxygens (including phenoxy) is 1. The molecule has 0 aliphatic heterocycles. The number of hydrogen-bond donors (Lipinski definition) is 0. The van der Waals surface area contributed by atoms with Crippen molar-refractivity contribution in [2.24, 2.45) is 0 Å². The summed E-state index contributed by atoms with van der Waals surface area (Å²) in [6.07, 6.45) is 8.29. The molecule has 8 heavy (non-hydrogen) atoms. The molecule has 0 aromatic carbocycles. The molecule has 1 aliphatic carbocycles. The third-order valence-corrected chi connectivity index (χ3v) is 1.24. The Bertz CT molecular complexity index is 105. The van der Waals surface area contributed by atoms with Crippen LogP contribution in [0.15, 0.2) is 25.0 Å². The van der Waals surface area contributed by atoms with Gasteiger partial charge in [-0.25, -0.2) is 0 Å². The summed E-state index contributed by atoms with van der Waals surface area (Å²) in [5, 5.41) is 0. The minimum absolute atomic E-state index is 0.312. The normalized spacial score (nSPS) is 25.8. The summed E-state index contributed by atoms with van der Waals surface area (Å²) in [4.78, 5) is 0. The monoisotopic (exact) mass is 110 g/mol. The van der Waals surface area contributed by atoms with E-state index in [0.29, 0.717) is 6.10 Å². The lowest BCUT2D eigenvalue weighted by atomic mass is 10.3. The molecule has 1 rings (SSSR count). The van der Waals surface area contributed by atoms with E-state index >= 15 is 0 Å². The molecule has 0 saturated carbocycles. The second-order valence-corrected chi connectivity index (χ2v) is 1.85. The highest BCUT2D eigenvalue weighted by Crippen LogP contribution is 2.12. The van der Waals surface area contributed by atoms with Crippen molar-refractivity contribution in [2.45, 2.75) is 18.9 Å². The van der Waals surface area contributed by atoms with Gasteiger partial charge in [-0.1, -0.05) is 12.7 Å². The van der Waals surface area contributed by atoms with Gasteiger partial charge in [0.2, 0.25) is 0 Å². The lowest BCUT2D eigenvalue weighted by Gasteiger charge is -2.04. The van der Waals surface area contributed by atoms with Gasteiger partial charge in [0.05, 0.1) is 6.26 Å². The third kappa shape index (κ3) is 1.12. The molecule has 1 unspecified atom stereocenters. The van der Waals surface area contributed by atoms with E-state index in [2.05, 4.69) is 18.7 Å². The molecule has 1 aliphatic rings. The maximum Gasteiger partial charge on any atom is 0.116 e. The van der Waals surface area contributed by atoms with Gasteiger partial charge in [0.1, 0.15) is 6.10 Å². The first-order chi connectivity index (χ1) is 3.93. The van der Waals surface area contributed by atoms with Gasteiger partial charge in [-0.15, -0.1) is 0 Å². The van der Waals surface area contributed by atoms with E-state index in [1.165, 1.54) is 6.26 Å². The minimum atomic E-state index is 0.312. The second kappa shape index (κ2) is 2.55. The third-order valence-electron chi connectivity index (χ3n) is 1.24. The Morgan fingerprint density at radius 3 is 3.12 bits per heavy atom. The van der Waals surface area contributed by atoms with Gasteiger partial charge in [0.15, 0.2) is 0 Å². The zero-order chi connectivity index (χ0) is 5.82. The van der Waals surface area contributed by atoms with Crippen molar-refractivity contribution >= 4 is 0 Å². The van der Waals surface area contributed by atoms with E-state index in [1.807, 2.05) is 0 Å². The average Bonchev–Trinajstić information content (AvgIpc) is 2.19. The summed E-state index contributed by atoms with van der Waals surface area (Å²) < 4.78 is 5.08. The fourth-order valence-corrected chi connectivity index (χ4v) is 0.842. The largest absolute Gasteiger partial charge is 0.495 e. The number of rotatable bonds is 2. The SMILES string of the molecule is C=COC1C=CCC1. The first-order valence-corrected chi connectivity index (χ1v) is 2.86. The summed E-state index contributed by atoms with van der Waals surface area (Å²) >= 11 is 0. The Kier molecular flexibility index (Phi) is 1.73. The van der Waals surface area contributed by atoms with E-state index in [-0.39, 0.29) is 0 Å². The van der Waals surface area contributed by atoms with Crippen molar-refractivity contribution in [3.63, 3.8) is 0 Å². The van der Waals surface area contributed by atoms with Crippen LogP contribution in [0.5, 0.6) is 0 Å². The number of hydrogen-bond acceptors (Lipinski definition) is 1. The Morgan fingerprint density at radius 1 is 1.75 bits per heavy atom. The fourth-order valence-electron chi connectivity index (χ4n) is 0.842. The summed E-state index contributed by atoms with van der Waals surface area (Å²) in [5.74, 6) is 0. The van der Waals surface area contributed by atoms with Crippen LogP contribution in [-0.2, 0) is 4.74 Å². The van der Waals surface area contributed by atoms with E-state index in [4.69, 9.17) is 4.74 Å². The molecule has 0 amide bonds. The standard InChI is InChI=1S/C7H10O/c1-2-8-7-5-3-4-6-7/h2-3,5,7H,1,4,6H2. The lowest BCUT2D eigenvalue weighted by Crippen LogP contribution is -1.99. The fraction of sp³-hybridized carbons (Fsp3) is 0.429. The summed E-state index contributed by atoms with van der Waals surface area (Å²) in [5.41, 5.74) is 0. The van der Waals surface area contributed by atoms with Crippen molar-refractivity contribution in [3.05, 3.63) is 25.0 Å². The van der Waals surface area contributed by atoms with Crippen LogP contribution in [0.3, 0.4) is 0 Å². The zero-order valence-electron chi connectivity index (χ0n) is 4.84. The van der Waals surface area contributed by atoms with Crippen LogP contribution in [-0.4, -0.2) is 6.10 Å². The molecular weight excluding hydrogens is 100 g/mol. The van der Waals surface area contributed by atoms with Gasteiger partial charge >= 0.3 is 0 Å². The van der Waals surface area contributed by atoms with Crippen LogP contribution < -0.4 is 0 Å². The molecule has 0 aromatic heterocycles. The van der Waals surface area contributed by atoms with Crippen LogP contribution in [0.2, 0.25) is 0 Å². The molecule has 1 heteroatoms. The molecule has 0 fully saturated rings. The molecule has 0 spiro atoms. The van der Waals surface area contributed by atoms with Crippen LogP contribution in [0.25, 0.3) is 0 Å². The van der Waals surface area contributed by atoms with Crippen molar-refractivity contribution in [1.82, 2.24) is 0 Å².